The van der Waals surface area contributed by atoms with Crippen molar-refractivity contribution in [3.8, 4) is 11.4 Å². The molecule has 0 atom stereocenters. The SMILES string of the molecule is CCCn1nncc1-c1cc(NC)nc(CC)n1. The lowest BCUT2D eigenvalue weighted by Gasteiger charge is -2.07. The second kappa shape index (κ2) is 5.57. The van der Waals surface area contributed by atoms with Gasteiger partial charge in [0.2, 0.25) is 0 Å². The smallest absolute Gasteiger partial charge is 0.131 e. The van der Waals surface area contributed by atoms with Crippen molar-refractivity contribution in [1.29, 1.82) is 0 Å². The minimum absolute atomic E-state index is 0.803. The number of hydrogen-bond acceptors (Lipinski definition) is 5. The van der Waals surface area contributed by atoms with E-state index >= 15 is 0 Å². The number of nitrogens with zero attached hydrogens (tertiary/aromatic N) is 5. The standard InChI is InChI=1S/C12H18N6/c1-4-6-18-10(8-14-17-18)9-7-12(13-3)16-11(5-2)15-9/h7-8H,4-6H2,1-3H3,(H,13,15,16). The fourth-order valence-electron chi connectivity index (χ4n) is 1.75. The van der Waals surface area contributed by atoms with Crippen LogP contribution in [0.1, 0.15) is 26.1 Å². The molecule has 0 radical (unpaired) electrons. The fourth-order valence-corrected chi connectivity index (χ4v) is 1.75. The second-order valence-electron chi connectivity index (χ2n) is 4.00. The molecule has 0 saturated carbocycles. The molecule has 0 spiro atoms. The lowest BCUT2D eigenvalue weighted by molar-refractivity contribution is 0.583. The van der Waals surface area contributed by atoms with Gasteiger partial charge in [0.25, 0.3) is 0 Å². The molecule has 0 aromatic carbocycles. The molecule has 0 saturated heterocycles. The van der Waals surface area contributed by atoms with Crippen molar-refractivity contribution in [2.24, 2.45) is 0 Å². The van der Waals surface area contributed by atoms with E-state index in [1.807, 2.05) is 24.7 Å². The lowest BCUT2D eigenvalue weighted by Crippen LogP contribution is -2.05. The number of nitrogens with one attached hydrogen (secondary N) is 1. The van der Waals surface area contributed by atoms with Crippen LogP contribution in [-0.4, -0.2) is 32.0 Å². The molecular weight excluding hydrogens is 228 g/mol. The fraction of sp³-hybridized carbons (Fsp3) is 0.500. The Morgan fingerprint density at radius 2 is 2.11 bits per heavy atom. The molecule has 0 amide bonds. The van der Waals surface area contributed by atoms with E-state index in [1.165, 1.54) is 0 Å². The van der Waals surface area contributed by atoms with Gasteiger partial charge < -0.3 is 5.32 Å². The van der Waals surface area contributed by atoms with Gasteiger partial charge >= 0.3 is 0 Å². The maximum atomic E-state index is 4.53. The van der Waals surface area contributed by atoms with E-state index in [-0.39, 0.29) is 0 Å². The number of hydrogen-bond donors (Lipinski definition) is 1. The molecule has 0 aliphatic rings. The number of aryl methyl sites for hydroxylation is 2. The third kappa shape index (κ3) is 2.47. The van der Waals surface area contributed by atoms with Crippen LogP contribution in [0.5, 0.6) is 0 Å². The van der Waals surface area contributed by atoms with Crippen LogP contribution in [0.2, 0.25) is 0 Å². The van der Waals surface area contributed by atoms with Crippen LogP contribution in [-0.2, 0) is 13.0 Å². The molecule has 0 aliphatic heterocycles. The molecule has 18 heavy (non-hydrogen) atoms. The first-order chi connectivity index (χ1) is 8.78. The Morgan fingerprint density at radius 3 is 2.78 bits per heavy atom. The molecule has 2 aromatic heterocycles. The van der Waals surface area contributed by atoms with Crippen LogP contribution in [0.25, 0.3) is 11.4 Å². The molecule has 0 aliphatic carbocycles. The van der Waals surface area contributed by atoms with Gasteiger partial charge in [-0.2, -0.15) is 0 Å². The minimum Gasteiger partial charge on any atom is -0.373 e. The van der Waals surface area contributed by atoms with Crippen molar-refractivity contribution in [1.82, 2.24) is 25.0 Å². The maximum Gasteiger partial charge on any atom is 0.131 e. The van der Waals surface area contributed by atoms with Gasteiger partial charge in [-0.15, -0.1) is 5.10 Å². The van der Waals surface area contributed by atoms with Gasteiger partial charge in [-0.1, -0.05) is 19.1 Å². The van der Waals surface area contributed by atoms with E-state index in [0.717, 1.165) is 42.4 Å². The quantitative estimate of drug-likeness (QED) is 0.870. The Balaban J connectivity index is 2.45. The predicted molar refractivity (Wildman–Crippen MR) is 70.3 cm³/mol. The molecule has 2 aromatic rings. The molecule has 0 unspecified atom stereocenters. The first kappa shape index (κ1) is 12.5. The van der Waals surface area contributed by atoms with Crippen molar-refractivity contribution in [3.63, 3.8) is 0 Å². The summed E-state index contributed by atoms with van der Waals surface area (Å²) in [5.74, 6) is 1.64. The third-order valence-electron chi connectivity index (χ3n) is 2.66. The van der Waals surface area contributed by atoms with Crippen LogP contribution < -0.4 is 5.32 Å². The summed E-state index contributed by atoms with van der Waals surface area (Å²) in [7, 11) is 1.85. The maximum absolute atomic E-state index is 4.53. The molecule has 96 valence electrons. The van der Waals surface area contributed by atoms with Crippen molar-refractivity contribution < 1.29 is 0 Å². The zero-order valence-corrected chi connectivity index (χ0v) is 11.0. The zero-order valence-electron chi connectivity index (χ0n) is 11.0. The molecule has 0 bridgehead atoms. The highest BCUT2D eigenvalue weighted by atomic mass is 15.4. The van der Waals surface area contributed by atoms with Crippen molar-refractivity contribution in [3.05, 3.63) is 18.1 Å². The van der Waals surface area contributed by atoms with Gasteiger partial charge in [0.15, 0.2) is 0 Å². The van der Waals surface area contributed by atoms with Gasteiger partial charge in [-0.3, -0.25) is 0 Å². The van der Waals surface area contributed by atoms with Crippen molar-refractivity contribution in [2.45, 2.75) is 33.2 Å². The Morgan fingerprint density at radius 1 is 1.28 bits per heavy atom. The summed E-state index contributed by atoms with van der Waals surface area (Å²) in [6.45, 7) is 5.00. The Bertz CT molecular complexity index is 497. The summed E-state index contributed by atoms with van der Waals surface area (Å²) < 4.78 is 1.88. The van der Waals surface area contributed by atoms with Crippen LogP contribution in [0.15, 0.2) is 12.3 Å². The average Bonchev–Trinajstić information content (AvgIpc) is 2.87. The summed E-state index contributed by atoms with van der Waals surface area (Å²) in [5, 5.41) is 11.1. The first-order valence-corrected chi connectivity index (χ1v) is 6.23. The molecule has 6 heteroatoms. The van der Waals surface area contributed by atoms with Gasteiger partial charge in [0, 0.05) is 26.1 Å². The van der Waals surface area contributed by atoms with Crippen LogP contribution >= 0.6 is 0 Å². The van der Waals surface area contributed by atoms with E-state index < -0.39 is 0 Å². The predicted octanol–water partition coefficient (Wildman–Crippen LogP) is 1.75. The molecule has 0 fully saturated rings. The summed E-state index contributed by atoms with van der Waals surface area (Å²) in [6, 6.07) is 1.92. The van der Waals surface area contributed by atoms with Crippen molar-refractivity contribution >= 4 is 5.82 Å². The van der Waals surface area contributed by atoms with E-state index in [0.29, 0.717) is 0 Å². The van der Waals surface area contributed by atoms with E-state index in [9.17, 15) is 0 Å². The molecular formula is C12H18N6. The topological polar surface area (TPSA) is 68.5 Å². The number of aromatic nitrogens is 5. The highest BCUT2D eigenvalue weighted by Gasteiger charge is 2.10. The van der Waals surface area contributed by atoms with Crippen LogP contribution in [0, 0.1) is 0 Å². The second-order valence-corrected chi connectivity index (χ2v) is 4.00. The Kier molecular flexibility index (Phi) is 3.86. The summed E-state index contributed by atoms with van der Waals surface area (Å²) in [6.07, 6.45) is 3.57. The highest BCUT2D eigenvalue weighted by molar-refractivity contribution is 5.57. The van der Waals surface area contributed by atoms with Gasteiger partial charge in [-0.05, 0) is 6.42 Å². The zero-order chi connectivity index (χ0) is 13.0. The molecule has 6 nitrogen and oxygen atoms in total. The monoisotopic (exact) mass is 246 g/mol. The molecule has 2 heterocycles. The number of anilines is 1. The van der Waals surface area contributed by atoms with Gasteiger partial charge in [-0.25, -0.2) is 14.6 Å². The lowest BCUT2D eigenvalue weighted by atomic mass is 10.3. The summed E-state index contributed by atoms with van der Waals surface area (Å²) >= 11 is 0. The highest BCUT2D eigenvalue weighted by Crippen LogP contribution is 2.19. The minimum atomic E-state index is 0.803. The van der Waals surface area contributed by atoms with Gasteiger partial charge in [0.05, 0.1) is 11.9 Å². The first-order valence-electron chi connectivity index (χ1n) is 6.23. The third-order valence-corrected chi connectivity index (χ3v) is 2.66. The van der Waals surface area contributed by atoms with E-state index in [4.69, 9.17) is 0 Å². The van der Waals surface area contributed by atoms with E-state index in [1.54, 1.807) is 6.20 Å². The number of rotatable bonds is 5. The van der Waals surface area contributed by atoms with E-state index in [2.05, 4.69) is 32.5 Å². The van der Waals surface area contributed by atoms with Crippen LogP contribution in [0.4, 0.5) is 5.82 Å². The Hall–Kier alpha value is -1.98. The van der Waals surface area contributed by atoms with Crippen LogP contribution in [0.3, 0.4) is 0 Å². The summed E-state index contributed by atoms with van der Waals surface area (Å²) in [4.78, 5) is 8.92. The molecule has 2 rings (SSSR count). The average molecular weight is 246 g/mol. The Labute approximate surface area is 106 Å². The van der Waals surface area contributed by atoms with Gasteiger partial charge in [0.1, 0.15) is 17.3 Å². The van der Waals surface area contributed by atoms with Crippen molar-refractivity contribution in [2.75, 3.05) is 12.4 Å². The molecule has 1 N–H and O–H groups in total. The summed E-state index contributed by atoms with van der Waals surface area (Å²) in [5.41, 5.74) is 1.80. The largest absolute Gasteiger partial charge is 0.373 e. The normalized spacial score (nSPS) is 10.6.